The summed E-state index contributed by atoms with van der Waals surface area (Å²) in [6.07, 6.45) is 0. The van der Waals surface area contributed by atoms with Gasteiger partial charge < -0.3 is 10.2 Å². The minimum atomic E-state index is 1.07. The van der Waals surface area contributed by atoms with Crippen molar-refractivity contribution in [2.45, 2.75) is 0 Å². The SMILES string of the molecule is PNc1ccccc1NP. The van der Waals surface area contributed by atoms with Gasteiger partial charge in [-0.25, -0.2) is 0 Å². The monoisotopic (exact) mass is 172 g/mol. The summed E-state index contributed by atoms with van der Waals surface area (Å²) in [5, 5.41) is 5.97. The third-order valence-corrected chi connectivity index (χ3v) is 1.86. The van der Waals surface area contributed by atoms with Crippen molar-refractivity contribution in [1.82, 2.24) is 0 Å². The lowest BCUT2D eigenvalue weighted by Gasteiger charge is -2.05. The Morgan fingerprint density at radius 3 is 1.60 bits per heavy atom. The average molecular weight is 172 g/mol. The summed E-state index contributed by atoms with van der Waals surface area (Å²) in [5.41, 5.74) is 2.14. The predicted octanol–water partition coefficient (Wildman–Crippen LogP) is 2.09. The van der Waals surface area contributed by atoms with Gasteiger partial charge in [-0.3, -0.25) is 0 Å². The fourth-order valence-electron chi connectivity index (χ4n) is 0.735. The van der Waals surface area contributed by atoms with Gasteiger partial charge in [-0.15, -0.1) is 0 Å². The van der Waals surface area contributed by atoms with E-state index >= 15 is 0 Å². The minimum absolute atomic E-state index is 1.07. The van der Waals surface area contributed by atoms with Crippen molar-refractivity contribution in [2.75, 3.05) is 10.2 Å². The van der Waals surface area contributed by atoms with Crippen molar-refractivity contribution in [3.63, 3.8) is 0 Å². The Hall–Kier alpha value is -0.320. The van der Waals surface area contributed by atoms with Crippen molar-refractivity contribution >= 4 is 30.2 Å². The molecule has 0 bridgehead atoms. The van der Waals surface area contributed by atoms with E-state index in [-0.39, 0.29) is 0 Å². The highest BCUT2D eigenvalue weighted by Crippen LogP contribution is 2.22. The van der Waals surface area contributed by atoms with Gasteiger partial charge in [0.2, 0.25) is 0 Å². The molecule has 54 valence electrons. The molecule has 4 heteroatoms. The van der Waals surface area contributed by atoms with Crippen LogP contribution in [0, 0.1) is 0 Å². The highest BCUT2D eigenvalue weighted by Gasteiger charge is 1.93. The maximum absolute atomic E-state index is 2.99. The largest absolute Gasteiger partial charge is 0.368 e. The summed E-state index contributed by atoms with van der Waals surface area (Å²) >= 11 is 0. The van der Waals surface area contributed by atoms with Gasteiger partial charge >= 0.3 is 0 Å². The van der Waals surface area contributed by atoms with Gasteiger partial charge in [0.1, 0.15) is 0 Å². The van der Waals surface area contributed by atoms with Crippen LogP contribution < -0.4 is 10.2 Å². The van der Waals surface area contributed by atoms with Crippen LogP contribution in [0.3, 0.4) is 0 Å². The van der Waals surface area contributed by atoms with Gasteiger partial charge in [-0.2, -0.15) is 0 Å². The fourth-order valence-corrected chi connectivity index (χ4v) is 1.24. The quantitative estimate of drug-likeness (QED) is 0.667. The Morgan fingerprint density at radius 1 is 0.900 bits per heavy atom. The number of hydrogen-bond donors (Lipinski definition) is 2. The molecule has 0 aliphatic carbocycles. The molecule has 0 spiro atoms. The summed E-state index contributed by atoms with van der Waals surface area (Å²) < 4.78 is 0. The summed E-state index contributed by atoms with van der Waals surface area (Å²) in [4.78, 5) is 0. The van der Waals surface area contributed by atoms with E-state index in [4.69, 9.17) is 0 Å². The smallest absolute Gasteiger partial charge is 0.0607 e. The second-order valence-corrected chi connectivity index (χ2v) is 2.41. The molecule has 0 aliphatic rings. The molecule has 1 aromatic rings. The van der Waals surface area contributed by atoms with Gasteiger partial charge in [0.25, 0.3) is 0 Å². The van der Waals surface area contributed by atoms with Crippen LogP contribution in [0.5, 0.6) is 0 Å². The van der Waals surface area contributed by atoms with E-state index in [1.807, 2.05) is 24.3 Å². The number of hydrogen-bond acceptors (Lipinski definition) is 2. The first-order valence-corrected chi connectivity index (χ1v) is 4.06. The second kappa shape index (κ2) is 3.75. The van der Waals surface area contributed by atoms with Crippen LogP contribution in [0.15, 0.2) is 24.3 Å². The second-order valence-electron chi connectivity index (χ2n) is 1.83. The van der Waals surface area contributed by atoms with Gasteiger partial charge in [0.15, 0.2) is 0 Å². The van der Waals surface area contributed by atoms with E-state index in [1.165, 1.54) is 0 Å². The van der Waals surface area contributed by atoms with Crippen LogP contribution >= 0.6 is 18.8 Å². The van der Waals surface area contributed by atoms with Crippen LogP contribution in [0.1, 0.15) is 0 Å². The molecular formula is C6H10N2P2. The molecule has 2 N–H and O–H groups in total. The molecule has 0 fully saturated rings. The van der Waals surface area contributed by atoms with Crippen molar-refractivity contribution in [1.29, 1.82) is 0 Å². The first-order chi connectivity index (χ1) is 4.88. The molecule has 2 nitrogen and oxygen atoms in total. The Labute approximate surface area is 65.3 Å². The number of benzene rings is 1. The molecule has 0 amide bonds. The lowest BCUT2D eigenvalue weighted by molar-refractivity contribution is 1.66. The van der Waals surface area contributed by atoms with Crippen molar-refractivity contribution in [3.05, 3.63) is 24.3 Å². The van der Waals surface area contributed by atoms with E-state index in [9.17, 15) is 0 Å². The molecule has 10 heavy (non-hydrogen) atoms. The zero-order chi connectivity index (χ0) is 7.40. The number of anilines is 2. The maximum atomic E-state index is 2.99. The summed E-state index contributed by atoms with van der Waals surface area (Å²) in [6.45, 7) is 0. The highest BCUT2D eigenvalue weighted by atomic mass is 31.0. The molecule has 1 aromatic carbocycles. The Bertz CT molecular complexity index is 192. The maximum Gasteiger partial charge on any atom is 0.0607 e. The van der Waals surface area contributed by atoms with Gasteiger partial charge in [-0.1, -0.05) is 12.1 Å². The topological polar surface area (TPSA) is 24.1 Å². The number of nitrogens with one attached hydrogen (secondary N) is 2. The molecule has 2 atom stereocenters. The standard InChI is InChI=1S/C6H10N2P2/c9-7-5-3-1-2-4-6(5)8-10/h1-4,7-8H,9-10H2. The van der Waals surface area contributed by atoms with Gasteiger partial charge in [-0.05, 0) is 30.9 Å². The number of para-hydroxylation sites is 2. The third kappa shape index (κ3) is 1.59. The zero-order valence-electron chi connectivity index (χ0n) is 5.46. The van der Waals surface area contributed by atoms with Crippen LogP contribution in [0.2, 0.25) is 0 Å². The Kier molecular flexibility index (Phi) is 2.92. The van der Waals surface area contributed by atoms with E-state index in [2.05, 4.69) is 29.0 Å². The molecule has 2 unspecified atom stereocenters. The van der Waals surface area contributed by atoms with Gasteiger partial charge in [0, 0.05) is 0 Å². The highest BCUT2D eigenvalue weighted by molar-refractivity contribution is 7.19. The average Bonchev–Trinajstić information content (AvgIpc) is 2.04. The van der Waals surface area contributed by atoms with E-state index in [0.717, 1.165) is 11.4 Å². The van der Waals surface area contributed by atoms with Crippen molar-refractivity contribution in [2.24, 2.45) is 0 Å². The normalized spacial score (nSPS) is 9.00. The summed E-state index contributed by atoms with van der Waals surface area (Å²) in [6, 6.07) is 7.97. The molecule has 0 saturated heterocycles. The Balaban J connectivity index is 2.96. The molecule has 0 aliphatic heterocycles. The molecule has 1 rings (SSSR count). The van der Waals surface area contributed by atoms with Gasteiger partial charge in [0.05, 0.1) is 11.4 Å². The minimum Gasteiger partial charge on any atom is -0.368 e. The van der Waals surface area contributed by atoms with E-state index in [1.54, 1.807) is 0 Å². The molecule has 0 aromatic heterocycles. The molecular weight excluding hydrogens is 162 g/mol. The summed E-state index contributed by atoms with van der Waals surface area (Å²) in [5.74, 6) is 0. The zero-order valence-corrected chi connectivity index (χ0v) is 7.77. The first-order valence-electron chi connectivity index (χ1n) is 2.90. The van der Waals surface area contributed by atoms with E-state index < -0.39 is 0 Å². The third-order valence-electron chi connectivity index (χ3n) is 1.24. The molecule has 0 radical (unpaired) electrons. The molecule has 0 heterocycles. The van der Waals surface area contributed by atoms with Crippen LogP contribution in [-0.2, 0) is 0 Å². The summed E-state index contributed by atoms with van der Waals surface area (Å²) in [7, 11) is 4.91. The number of rotatable bonds is 2. The van der Waals surface area contributed by atoms with E-state index in [0.29, 0.717) is 0 Å². The predicted molar refractivity (Wildman–Crippen MR) is 53.1 cm³/mol. The van der Waals surface area contributed by atoms with Crippen LogP contribution in [0.4, 0.5) is 11.4 Å². The van der Waals surface area contributed by atoms with Crippen molar-refractivity contribution < 1.29 is 0 Å². The molecule has 0 saturated carbocycles. The van der Waals surface area contributed by atoms with Crippen LogP contribution in [-0.4, -0.2) is 0 Å². The first kappa shape index (κ1) is 7.78. The lowest BCUT2D eigenvalue weighted by atomic mass is 10.3. The van der Waals surface area contributed by atoms with Crippen molar-refractivity contribution in [3.8, 4) is 0 Å². The lowest BCUT2D eigenvalue weighted by Crippen LogP contribution is -1.85. The fraction of sp³-hybridized carbons (Fsp3) is 0. The van der Waals surface area contributed by atoms with Crippen LogP contribution in [0.25, 0.3) is 0 Å². The Morgan fingerprint density at radius 2 is 1.30 bits per heavy atom.